The van der Waals surface area contributed by atoms with Gasteiger partial charge in [-0.3, -0.25) is 4.79 Å². The summed E-state index contributed by atoms with van der Waals surface area (Å²) < 4.78 is 0.232. The summed E-state index contributed by atoms with van der Waals surface area (Å²) in [7, 11) is 0. The fourth-order valence-electron chi connectivity index (χ4n) is 2.92. The number of urea groups is 1. The summed E-state index contributed by atoms with van der Waals surface area (Å²) >= 11 is 18.2. The Morgan fingerprint density at radius 1 is 1.03 bits per heavy atom. The monoisotopic (exact) mass is 473 g/mol. The van der Waals surface area contributed by atoms with Crippen LogP contribution in [0.5, 0.6) is 0 Å². The second kappa shape index (κ2) is 8.65. The van der Waals surface area contributed by atoms with E-state index in [1.807, 2.05) is 42.5 Å². The van der Waals surface area contributed by atoms with E-state index in [1.165, 1.54) is 6.07 Å². The molecule has 2 N–H and O–H groups in total. The number of fused-ring (bicyclic) bond motifs is 1. The molecule has 0 saturated carbocycles. The average molecular weight is 474 g/mol. The molecule has 0 unspecified atom stereocenters. The van der Waals surface area contributed by atoms with Crippen molar-refractivity contribution in [2.45, 2.75) is 0 Å². The molecule has 4 rings (SSSR count). The molecule has 1 heterocycles. The molecule has 1 aliphatic heterocycles. The molecule has 0 aliphatic carbocycles. The lowest BCUT2D eigenvalue weighted by Crippen LogP contribution is -2.46. The van der Waals surface area contributed by atoms with E-state index in [9.17, 15) is 9.59 Å². The minimum absolute atomic E-state index is 0.232. The summed E-state index contributed by atoms with van der Waals surface area (Å²) in [5.41, 5.74) is 3.80. The van der Waals surface area contributed by atoms with Gasteiger partial charge in [-0.2, -0.15) is 5.01 Å². The van der Waals surface area contributed by atoms with Gasteiger partial charge in [-0.05, 0) is 52.8 Å². The lowest BCUT2D eigenvalue weighted by Gasteiger charge is -2.16. The summed E-state index contributed by atoms with van der Waals surface area (Å²) in [6.07, 6.45) is 1.78. The minimum atomic E-state index is -0.629. The third kappa shape index (κ3) is 4.29. The van der Waals surface area contributed by atoms with Gasteiger partial charge in [0.25, 0.3) is 5.91 Å². The number of thioether (sulfide) groups is 1. The first-order chi connectivity index (χ1) is 14.4. The van der Waals surface area contributed by atoms with Crippen LogP contribution in [0.1, 0.15) is 5.56 Å². The first-order valence-electron chi connectivity index (χ1n) is 8.71. The smallest absolute Gasteiger partial charge is 0.307 e. The number of amides is 3. The zero-order valence-corrected chi connectivity index (χ0v) is 18.3. The molecule has 1 saturated heterocycles. The predicted octanol–water partition coefficient (Wildman–Crippen LogP) is 6.08. The van der Waals surface area contributed by atoms with Gasteiger partial charge in [0.15, 0.2) is 4.32 Å². The number of hydrazine groups is 1. The van der Waals surface area contributed by atoms with Crippen molar-refractivity contribution >= 4 is 86.0 Å². The second-order valence-electron chi connectivity index (χ2n) is 6.28. The van der Waals surface area contributed by atoms with Crippen LogP contribution in [0, 0.1) is 0 Å². The highest BCUT2D eigenvalue weighted by Crippen LogP contribution is 2.33. The molecule has 1 fully saturated rings. The molecule has 0 spiro atoms. The van der Waals surface area contributed by atoms with Crippen molar-refractivity contribution in [2.75, 3.05) is 5.32 Å². The lowest BCUT2D eigenvalue weighted by atomic mass is 10.0. The van der Waals surface area contributed by atoms with Crippen LogP contribution in [0.4, 0.5) is 10.5 Å². The van der Waals surface area contributed by atoms with Gasteiger partial charge < -0.3 is 5.32 Å². The zero-order chi connectivity index (χ0) is 21.3. The standard InChI is InChI=1S/C21H13Cl2N3O2S2/c22-16-9-8-14(11-17(16)23)24-20(28)25-26-19(27)18(30-21(26)29)10-13-6-3-5-12-4-1-2-7-15(12)13/h1-11H,(H2,24,25,28)/b18-10+. The van der Waals surface area contributed by atoms with Crippen LogP contribution in [0.25, 0.3) is 16.8 Å². The number of rotatable bonds is 3. The summed E-state index contributed by atoms with van der Waals surface area (Å²) in [6, 6.07) is 17.8. The average Bonchev–Trinajstić information content (AvgIpc) is 2.98. The molecule has 9 heteroatoms. The van der Waals surface area contributed by atoms with Crippen LogP contribution >= 0.6 is 47.2 Å². The first kappa shape index (κ1) is 20.7. The zero-order valence-electron chi connectivity index (χ0n) is 15.2. The number of benzene rings is 3. The van der Waals surface area contributed by atoms with E-state index < -0.39 is 11.9 Å². The minimum Gasteiger partial charge on any atom is -0.307 e. The number of halogens is 2. The maximum atomic E-state index is 12.8. The molecule has 1 aliphatic rings. The van der Waals surface area contributed by atoms with Crippen LogP contribution in [0.3, 0.4) is 0 Å². The van der Waals surface area contributed by atoms with Crippen molar-refractivity contribution in [3.63, 3.8) is 0 Å². The number of carbonyl (C=O) groups excluding carboxylic acids is 2. The van der Waals surface area contributed by atoms with Gasteiger partial charge >= 0.3 is 6.03 Å². The number of carbonyl (C=O) groups is 2. The Kier molecular flexibility index (Phi) is 5.97. The fourth-order valence-corrected chi connectivity index (χ4v) is 4.38. The van der Waals surface area contributed by atoms with Crippen molar-refractivity contribution in [1.29, 1.82) is 0 Å². The Hall–Kier alpha value is -2.58. The van der Waals surface area contributed by atoms with Crippen LogP contribution in [0.15, 0.2) is 65.6 Å². The molecule has 3 aromatic carbocycles. The Morgan fingerprint density at radius 2 is 1.80 bits per heavy atom. The number of nitrogens with zero attached hydrogens (tertiary/aromatic N) is 1. The number of hydrogen-bond donors (Lipinski definition) is 2. The maximum Gasteiger partial charge on any atom is 0.338 e. The molecule has 3 aromatic rings. The molecular formula is C21H13Cl2N3O2S2. The Morgan fingerprint density at radius 3 is 2.60 bits per heavy atom. The largest absolute Gasteiger partial charge is 0.338 e. The molecule has 150 valence electrons. The highest BCUT2D eigenvalue weighted by Gasteiger charge is 2.33. The number of nitrogens with one attached hydrogen (secondary N) is 2. The topological polar surface area (TPSA) is 61.4 Å². The van der Waals surface area contributed by atoms with Crippen molar-refractivity contribution < 1.29 is 9.59 Å². The summed E-state index contributed by atoms with van der Waals surface area (Å²) in [5.74, 6) is -0.401. The van der Waals surface area contributed by atoms with Crippen molar-refractivity contribution in [3.8, 4) is 0 Å². The van der Waals surface area contributed by atoms with E-state index in [4.69, 9.17) is 35.4 Å². The van der Waals surface area contributed by atoms with E-state index >= 15 is 0 Å². The second-order valence-corrected chi connectivity index (χ2v) is 8.77. The van der Waals surface area contributed by atoms with Crippen molar-refractivity contribution in [1.82, 2.24) is 10.4 Å². The van der Waals surface area contributed by atoms with Gasteiger partial charge in [0.05, 0.1) is 15.0 Å². The Bertz CT molecular complexity index is 1220. The van der Waals surface area contributed by atoms with Crippen LogP contribution in [-0.4, -0.2) is 21.3 Å². The van der Waals surface area contributed by atoms with Crippen molar-refractivity contribution in [2.24, 2.45) is 0 Å². The van der Waals surface area contributed by atoms with Gasteiger partial charge in [-0.15, -0.1) is 0 Å². The molecule has 30 heavy (non-hydrogen) atoms. The third-order valence-corrected chi connectivity index (χ3v) is 6.34. The molecule has 0 bridgehead atoms. The highest BCUT2D eigenvalue weighted by atomic mass is 35.5. The Balaban J connectivity index is 1.51. The number of anilines is 1. The predicted molar refractivity (Wildman–Crippen MR) is 128 cm³/mol. The molecule has 0 atom stereocenters. The van der Waals surface area contributed by atoms with E-state index in [-0.39, 0.29) is 4.32 Å². The van der Waals surface area contributed by atoms with Crippen molar-refractivity contribution in [3.05, 3.63) is 81.2 Å². The summed E-state index contributed by atoms with van der Waals surface area (Å²) in [5, 5.41) is 6.41. The lowest BCUT2D eigenvalue weighted by molar-refractivity contribution is -0.123. The fraction of sp³-hybridized carbons (Fsp3) is 0. The molecule has 0 radical (unpaired) electrons. The van der Waals surface area contributed by atoms with Gasteiger partial charge in [-0.1, -0.05) is 77.4 Å². The molecule has 0 aromatic heterocycles. The maximum absolute atomic E-state index is 12.8. The summed E-state index contributed by atoms with van der Waals surface area (Å²) in [4.78, 5) is 25.5. The van der Waals surface area contributed by atoms with E-state index in [2.05, 4.69) is 10.7 Å². The van der Waals surface area contributed by atoms with E-state index in [1.54, 1.807) is 18.2 Å². The highest BCUT2D eigenvalue weighted by molar-refractivity contribution is 8.26. The first-order valence-corrected chi connectivity index (χ1v) is 10.7. The quantitative estimate of drug-likeness (QED) is 0.357. The third-order valence-electron chi connectivity index (χ3n) is 4.29. The summed E-state index contributed by atoms with van der Waals surface area (Å²) in [6.45, 7) is 0. The molecule has 5 nitrogen and oxygen atoms in total. The number of hydrogen-bond acceptors (Lipinski definition) is 4. The molecule has 3 amide bonds. The van der Waals surface area contributed by atoms with Crippen LogP contribution < -0.4 is 10.7 Å². The van der Waals surface area contributed by atoms with E-state index in [0.29, 0.717) is 20.6 Å². The number of thiocarbonyl (C=S) groups is 1. The van der Waals surface area contributed by atoms with Crippen LogP contribution in [0.2, 0.25) is 10.0 Å². The van der Waals surface area contributed by atoms with Crippen LogP contribution in [-0.2, 0) is 4.79 Å². The normalized spacial score (nSPS) is 15.1. The van der Waals surface area contributed by atoms with Gasteiger partial charge in [-0.25, -0.2) is 10.2 Å². The SMILES string of the molecule is O=C(Nc1ccc(Cl)c(Cl)c1)NN1C(=O)/C(=C\c2cccc3ccccc23)SC1=S. The van der Waals surface area contributed by atoms with E-state index in [0.717, 1.165) is 33.1 Å². The Labute approximate surface area is 192 Å². The molecular weight excluding hydrogens is 461 g/mol. The van der Waals surface area contributed by atoms with Gasteiger partial charge in [0.2, 0.25) is 0 Å². The van der Waals surface area contributed by atoms with Gasteiger partial charge in [0, 0.05) is 5.69 Å². The van der Waals surface area contributed by atoms with Gasteiger partial charge in [0.1, 0.15) is 0 Å².